The number of aromatic nitrogens is 7. The van der Waals surface area contributed by atoms with Gasteiger partial charge in [-0.05, 0) is 44.2 Å². The molecule has 0 aliphatic carbocycles. The Bertz CT molecular complexity index is 1530. The molecule has 0 amide bonds. The van der Waals surface area contributed by atoms with Crippen LogP contribution < -0.4 is 4.74 Å². The molecule has 0 saturated carbocycles. The van der Waals surface area contributed by atoms with Crippen molar-refractivity contribution in [2.24, 2.45) is 0 Å². The Morgan fingerprint density at radius 3 is 2.68 bits per heavy atom. The topological polar surface area (TPSA) is 116 Å². The minimum atomic E-state index is 0.329. The molecule has 5 rings (SSSR count). The van der Waals surface area contributed by atoms with E-state index in [9.17, 15) is 5.26 Å². The van der Waals surface area contributed by atoms with E-state index in [2.05, 4.69) is 26.5 Å². The van der Waals surface area contributed by atoms with E-state index in [0.717, 1.165) is 33.7 Å². The summed E-state index contributed by atoms with van der Waals surface area (Å²) in [4.78, 5) is 4.87. The van der Waals surface area contributed by atoms with Crippen LogP contribution in [-0.2, 0) is 11.3 Å². The lowest BCUT2D eigenvalue weighted by atomic mass is 10.1. The molecule has 0 aliphatic heterocycles. The molecule has 0 fully saturated rings. The van der Waals surface area contributed by atoms with Crippen molar-refractivity contribution in [1.29, 1.82) is 5.26 Å². The molecule has 0 aliphatic rings. The van der Waals surface area contributed by atoms with Crippen LogP contribution >= 0.6 is 0 Å². The largest absolute Gasteiger partial charge is 0.436 e. The Balaban J connectivity index is 1.53. The van der Waals surface area contributed by atoms with E-state index in [4.69, 9.17) is 14.5 Å². The van der Waals surface area contributed by atoms with Crippen LogP contribution in [-0.4, -0.2) is 41.7 Å². The fourth-order valence-corrected chi connectivity index (χ4v) is 3.61. The zero-order chi connectivity index (χ0) is 23.7. The van der Waals surface area contributed by atoms with Gasteiger partial charge in [-0.25, -0.2) is 14.2 Å². The standard InChI is InChI=1S/C24H20N8O2/c1-15-4-9-23(29-28-15)34-19-6-8-22-20(12-26-31(22)13-19)21-7-5-17(14-33-3)24(27-21)32-16(2)10-18(11-25)30-32/h4-10,12-13H,14H2,1-3H3. The molecular formula is C24H20N8O2. The Morgan fingerprint density at radius 1 is 1.06 bits per heavy atom. The highest BCUT2D eigenvalue weighted by molar-refractivity contribution is 5.78. The first kappa shape index (κ1) is 21.2. The average molecular weight is 452 g/mol. The molecule has 168 valence electrons. The van der Waals surface area contributed by atoms with Gasteiger partial charge in [-0.3, -0.25) is 0 Å². The van der Waals surface area contributed by atoms with Crippen LogP contribution in [0.1, 0.15) is 22.6 Å². The van der Waals surface area contributed by atoms with Crippen LogP contribution in [0.25, 0.3) is 22.6 Å². The highest BCUT2D eigenvalue weighted by Crippen LogP contribution is 2.28. The Hall–Kier alpha value is -4.62. The Kier molecular flexibility index (Phi) is 5.45. The van der Waals surface area contributed by atoms with Crippen LogP contribution in [0, 0.1) is 25.2 Å². The number of pyridine rings is 2. The van der Waals surface area contributed by atoms with Crippen molar-refractivity contribution >= 4 is 5.52 Å². The first-order valence-electron chi connectivity index (χ1n) is 10.5. The van der Waals surface area contributed by atoms with Crippen LogP contribution in [0.2, 0.25) is 0 Å². The molecule has 0 saturated heterocycles. The van der Waals surface area contributed by atoms with E-state index in [1.165, 1.54) is 0 Å². The molecule has 5 heterocycles. The summed E-state index contributed by atoms with van der Waals surface area (Å²) in [6.07, 6.45) is 3.53. The number of aryl methyl sites for hydroxylation is 2. The quantitative estimate of drug-likeness (QED) is 0.382. The minimum Gasteiger partial charge on any atom is -0.436 e. The van der Waals surface area contributed by atoms with Gasteiger partial charge in [0.05, 0.1) is 35.9 Å². The van der Waals surface area contributed by atoms with E-state index < -0.39 is 0 Å². The van der Waals surface area contributed by atoms with Crippen LogP contribution in [0.4, 0.5) is 0 Å². The normalized spacial score (nSPS) is 11.0. The number of nitriles is 1. The third-order valence-corrected chi connectivity index (χ3v) is 5.22. The highest BCUT2D eigenvalue weighted by Gasteiger charge is 2.16. The summed E-state index contributed by atoms with van der Waals surface area (Å²) >= 11 is 0. The van der Waals surface area contributed by atoms with Crippen LogP contribution in [0.15, 0.2) is 54.9 Å². The lowest BCUT2D eigenvalue weighted by Gasteiger charge is -2.11. The first-order valence-corrected chi connectivity index (χ1v) is 10.5. The summed E-state index contributed by atoms with van der Waals surface area (Å²) in [6, 6.07) is 15.0. The van der Waals surface area contributed by atoms with E-state index >= 15 is 0 Å². The molecule has 0 spiro atoms. The Labute approximate surface area is 195 Å². The average Bonchev–Trinajstić information content (AvgIpc) is 3.44. The molecule has 0 unspecified atom stereocenters. The second-order valence-electron chi connectivity index (χ2n) is 7.67. The van der Waals surface area contributed by atoms with Crippen molar-refractivity contribution < 1.29 is 9.47 Å². The maximum absolute atomic E-state index is 9.25. The molecule has 0 N–H and O–H groups in total. The molecule has 5 aromatic heterocycles. The molecule has 34 heavy (non-hydrogen) atoms. The van der Waals surface area contributed by atoms with Crippen LogP contribution in [0.3, 0.4) is 0 Å². The van der Waals surface area contributed by atoms with Crippen molar-refractivity contribution in [1.82, 2.24) is 34.6 Å². The number of ether oxygens (including phenoxy) is 2. The SMILES string of the molecule is COCc1ccc(-c2cnn3cc(Oc4ccc(C)nn4)ccc23)nc1-n1nc(C#N)cc1C. The summed E-state index contributed by atoms with van der Waals surface area (Å²) < 4.78 is 14.5. The summed E-state index contributed by atoms with van der Waals surface area (Å²) in [7, 11) is 1.63. The zero-order valence-corrected chi connectivity index (χ0v) is 18.8. The van der Waals surface area contributed by atoms with Gasteiger partial charge >= 0.3 is 0 Å². The van der Waals surface area contributed by atoms with Gasteiger partial charge in [-0.2, -0.15) is 20.6 Å². The molecule has 10 nitrogen and oxygen atoms in total. The van der Waals surface area contributed by atoms with Gasteiger partial charge in [-0.1, -0.05) is 6.07 Å². The number of methoxy groups -OCH3 is 1. The van der Waals surface area contributed by atoms with E-state index in [-0.39, 0.29) is 0 Å². The van der Waals surface area contributed by atoms with Crippen LogP contribution in [0.5, 0.6) is 11.6 Å². The number of fused-ring (bicyclic) bond motifs is 1. The lowest BCUT2D eigenvalue weighted by molar-refractivity contribution is 0.184. The van der Waals surface area contributed by atoms with Crippen molar-refractivity contribution in [3.63, 3.8) is 0 Å². The molecule has 0 aromatic carbocycles. The maximum Gasteiger partial charge on any atom is 0.238 e. The third kappa shape index (κ3) is 3.96. The van der Waals surface area contributed by atoms with Crippen molar-refractivity contribution in [3.8, 4) is 34.8 Å². The van der Waals surface area contributed by atoms with Crippen molar-refractivity contribution in [2.45, 2.75) is 20.5 Å². The molecule has 10 heteroatoms. The van der Waals surface area contributed by atoms with Gasteiger partial charge in [0, 0.05) is 30.0 Å². The predicted octanol–water partition coefficient (Wildman–Crippen LogP) is 3.80. The second-order valence-corrected chi connectivity index (χ2v) is 7.67. The molecule has 0 radical (unpaired) electrons. The minimum absolute atomic E-state index is 0.329. The predicted molar refractivity (Wildman–Crippen MR) is 123 cm³/mol. The van der Waals surface area contributed by atoms with E-state index in [1.54, 1.807) is 40.8 Å². The molecule has 5 aromatic rings. The number of nitrogens with zero attached hydrogens (tertiary/aromatic N) is 8. The first-order chi connectivity index (χ1) is 16.6. The number of hydrogen-bond acceptors (Lipinski definition) is 8. The summed E-state index contributed by atoms with van der Waals surface area (Å²) in [5.74, 6) is 1.60. The van der Waals surface area contributed by atoms with Gasteiger partial charge in [0.1, 0.15) is 11.8 Å². The zero-order valence-electron chi connectivity index (χ0n) is 18.8. The van der Waals surface area contributed by atoms with E-state index in [0.29, 0.717) is 29.7 Å². The molecular weight excluding hydrogens is 432 g/mol. The molecule has 0 atom stereocenters. The summed E-state index contributed by atoms with van der Waals surface area (Å²) in [5.41, 5.74) is 5.23. The van der Waals surface area contributed by atoms with Crippen molar-refractivity contribution in [3.05, 3.63) is 77.5 Å². The monoisotopic (exact) mass is 452 g/mol. The van der Waals surface area contributed by atoms with Gasteiger partial charge < -0.3 is 9.47 Å². The maximum atomic E-state index is 9.25. The van der Waals surface area contributed by atoms with E-state index in [1.807, 2.05) is 44.2 Å². The number of hydrogen-bond donors (Lipinski definition) is 0. The van der Waals surface area contributed by atoms with Gasteiger partial charge in [0.15, 0.2) is 11.5 Å². The van der Waals surface area contributed by atoms with Gasteiger partial charge in [-0.15, -0.1) is 5.10 Å². The molecule has 0 bridgehead atoms. The highest BCUT2D eigenvalue weighted by atomic mass is 16.5. The Morgan fingerprint density at radius 2 is 1.94 bits per heavy atom. The third-order valence-electron chi connectivity index (χ3n) is 5.22. The fourth-order valence-electron chi connectivity index (χ4n) is 3.61. The lowest BCUT2D eigenvalue weighted by Crippen LogP contribution is -2.08. The summed E-state index contributed by atoms with van der Waals surface area (Å²) in [6.45, 7) is 4.11. The second kappa shape index (κ2) is 8.73. The van der Waals surface area contributed by atoms with Gasteiger partial charge in [0.2, 0.25) is 5.88 Å². The smallest absolute Gasteiger partial charge is 0.238 e. The van der Waals surface area contributed by atoms with Gasteiger partial charge in [0.25, 0.3) is 0 Å². The number of rotatable bonds is 6. The fraction of sp³-hybridized carbons (Fsp3) is 0.167. The summed E-state index contributed by atoms with van der Waals surface area (Å²) in [5, 5.41) is 26.1. The van der Waals surface area contributed by atoms with Crippen molar-refractivity contribution in [2.75, 3.05) is 7.11 Å².